The molecule has 0 radical (unpaired) electrons. The molecule has 0 aromatic heterocycles. The van der Waals surface area contributed by atoms with E-state index < -0.39 is 41.9 Å². The molecule has 2 aromatic carbocycles. The molecule has 2 fully saturated rings. The van der Waals surface area contributed by atoms with E-state index in [1.807, 2.05) is 0 Å². The fraction of sp³-hybridized carbons (Fsp3) is 0.360. The number of carbonyl (C=O) groups is 4. The summed E-state index contributed by atoms with van der Waals surface area (Å²) in [5.41, 5.74) is 0.570. The van der Waals surface area contributed by atoms with E-state index >= 15 is 0 Å². The van der Waals surface area contributed by atoms with Crippen molar-refractivity contribution in [3.05, 3.63) is 64.7 Å². The molecule has 7 nitrogen and oxygen atoms in total. The highest BCUT2D eigenvalue weighted by Gasteiger charge is 2.52. The van der Waals surface area contributed by atoms with E-state index in [2.05, 4.69) is 6.92 Å². The number of methoxy groups -OCH3 is 1. The highest BCUT2D eigenvalue weighted by molar-refractivity contribution is 6.30. The van der Waals surface area contributed by atoms with Crippen LogP contribution in [-0.4, -0.2) is 47.2 Å². The highest BCUT2D eigenvalue weighted by Crippen LogP contribution is 2.41. The Morgan fingerprint density at radius 1 is 0.970 bits per heavy atom. The lowest BCUT2D eigenvalue weighted by molar-refractivity contribution is -0.154. The summed E-state index contributed by atoms with van der Waals surface area (Å²) in [5, 5.41) is 2.34. The van der Waals surface area contributed by atoms with E-state index in [1.54, 1.807) is 36.4 Å². The van der Waals surface area contributed by atoms with Crippen LogP contribution in [0.15, 0.2) is 48.5 Å². The van der Waals surface area contributed by atoms with Gasteiger partial charge in [-0.05, 0) is 73.7 Å². The van der Waals surface area contributed by atoms with Crippen LogP contribution < -0.4 is 4.74 Å². The minimum atomic E-state index is -0.609. The van der Waals surface area contributed by atoms with Crippen LogP contribution >= 0.6 is 11.6 Å². The maximum Gasteiger partial charge on any atom is 0.273 e. The quantitative estimate of drug-likeness (QED) is 0.472. The zero-order valence-electron chi connectivity index (χ0n) is 18.5. The van der Waals surface area contributed by atoms with Crippen molar-refractivity contribution < 1.29 is 23.9 Å². The van der Waals surface area contributed by atoms with E-state index in [4.69, 9.17) is 16.3 Å². The second-order valence-electron chi connectivity index (χ2n) is 8.64. The number of rotatable bonds is 6. The van der Waals surface area contributed by atoms with Crippen LogP contribution in [0.3, 0.4) is 0 Å². The predicted octanol–water partition coefficient (Wildman–Crippen LogP) is 4.01. The van der Waals surface area contributed by atoms with E-state index in [-0.39, 0.29) is 5.56 Å². The molecule has 0 bridgehead atoms. The molecule has 4 rings (SSSR count). The zero-order valence-corrected chi connectivity index (χ0v) is 19.2. The maximum absolute atomic E-state index is 13.4. The molecule has 1 aliphatic carbocycles. The summed E-state index contributed by atoms with van der Waals surface area (Å²) in [5.74, 6) is -1.84. The number of halogens is 1. The van der Waals surface area contributed by atoms with Gasteiger partial charge in [0.25, 0.3) is 17.7 Å². The monoisotopic (exact) mass is 468 g/mol. The summed E-state index contributed by atoms with van der Waals surface area (Å²) in [6.45, 7) is 1.61. The van der Waals surface area contributed by atoms with Crippen LogP contribution in [0.2, 0.25) is 5.02 Å². The van der Waals surface area contributed by atoms with E-state index in [0.717, 1.165) is 16.4 Å². The fourth-order valence-electron chi connectivity index (χ4n) is 4.59. The van der Waals surface area contributed by atoms with Gasteiger partial charge < -0.3 is 4.74 Å². The molecule has 1 saturated carbocycles. The number of imide groups is 1. The average molecular weight is 469 g/mol. The maximum atomic E-state index is 13.4. The summed E-state index contributed by atoms with van der Waals surface area (Å²) in [7, 11) is 1.52. The molecule has 1 aliphatic heterocycles. The Hall–Kier alpha value is -3.19. The summed E-state index contributed by atoms with van der Waals surface area (Å²) in [6, 6.07) is 12.6. The first-order chi connectivity index (χ1) is 15.8. The van der Waals surface area contributed by atoms with Gasteiger partial charge in [0.05, 0.1) is 18.9 Å². The average Bonchev–Trinajstić information content (AvgIpc) is 3.06. The van der Waals surface area contributed by atoms with Crippen molar-refractivity contribution in [1.29, 1.82) is 0 Å². The largest absolute Gasteiger partial charge is 0.497 e. The Labute approximate surface area is 197 Å². The van der Waals surface area contributed by atoms with Gasteiger partial charge in [0.2, 0.25) is 0 Å². The number of fused-ring (bicyclic) bond motifs is 1. The van der Waals surface area contributed by atoms with Crippen LogP contribution in [0, 0.1) is 17.8 Å². The summed E-state index contributed by atoms with van der Waals surface area (Å²) < 4.78 is 5.12. The SMILES string of the molecule is COc1ccc(C(=O)CN(C(=O)c2ccc(Cl)cc2)N2C(=O)[C@H]3C[C@@H](C)CC[C@H]3C2=O)cc1. The van der Waals surface area contributed by atoms with Crippen molar-refractivity contribution in [2.45, 2.75) is 26.2 Å². The number of ketones is 1. The zero-order chi connectivity index (χ0) is 23.7. The van der Waals surface area contributed by atoms with E-state index in [0.29, 0.717) is 35.1 Å². The van der Waals surface area contributed by atoms with Gasteiger partial charge in [-0.25, -0.2) is 5.01 Å². The Morgan fingerprint density at radius 3 is 2.21 bits per heavy atom. The Morgan fingerprint density at radius 2 is 1.58 bits per heavy atom. The molecule has 1 saturated heterocycles. The molecular weight excluding hydrogens is 444 g/mol. The first-order valence-corrected chi connectivity index (χ1v) is 11.3. The molecule has 0 unspecified atom stereocenters. The molecule has 3 atom stereocenters. The van der Waals surface area contributed by atoms with Crippen molar-refractivity contribution >= 4 is 35.1 Å². The number of nitrogens with zero attached hydrogens (tertiary/aromatic N) is 2. The molecule has 8 heteroatoms. The van der Waals surface area contributed by atoms with Gasteiger partial charge >= 0.3 is 0 Å². The third-order valence-corrected chi connectivity index (χ3v) is 6.69. The van der Waals surface area contributed by atoms with Gasteiger partial charge in [-0.2, -0.15) is 5.01 Å². The van der Waals surface area contributed by atoms with Gasteiger partial charge in [0, 0.05) is 16.1 Å². The highest BCUT2D eigenvalue weighted by atomic mass is 35.5. The molecule has 2 aromatic rings. The number of ether oxygens (including phenoxy) is 1. The van der Waals surface area contributed by atoms with Gasteiger partial charge in [-0.15, -0.1) is 0 Å². The number of hydrazine groups is 1. The van der Waals surface area contributed by atoms with Crippen molar-refractivity contribution in [3.63, 3.8) is 0 Å². The lowest BCUT2D eigenvalue weighted by Gasteiger charge is -2.30. The number of Topliss-reactive ketones (excluding diaryl/α,β-unsaturated/α-hetero) is 1. The lowest BCUT2D eigenvalue weighted by atomic mass is 9.76. The smallest absolute Gasteiger partial charge is 0.273 e. The number of carbonyl (C=O) groups excluding carboxylic acids is 4. The lowest BCUT2D eigenvalue weighted by Crippen LogP contribution is -2.52. The van der Waals surface area contributed by atoms with Gasteiger partial charge in [0.15, 0.2) is 5.78 Å². The second-order valence-corrected chi connectivity index (χ2v) is 9.08. The van der Waals surface area contributed by atoms with Gasteiger partial charge in [0.1, 0.15) is 12.3 Å². The second kappa shape index (κ2) is 9.35. The van der Waals surface area contributed by atoms with Gasteiger partial charge in [-0.1, -0.05) is 18.5 Å². The van der Waals surface area contributed by atoms with Gasteiger partial charge in [-0.3, -0.25) is 19.2 Å². The van der Waals surface area contributed by atoms with Crippen molar-refractivity contribution in [2.75, 3.05) is 13.7 Å². The fourth-order valence-corrected chi connectivity index (χ4v) is 4.72. The first-order valence-electron chi connectivity index (χ1n) is 10.9. The molecular formula is C25H25ClN2O5. The standard InChI is InChI=1S/C25H25ClN2O5/c1-15-3-12-20-21(13-15)25(32)28(24(20)31)27(23(30)17-4-8-18(26)9-5-17)14-22(29)16-6-10-19(33-2)11-7-16/h4-11,15,20-21H,3,12-14H2,1-2H3/t15-,20+,21-/m0/s1. The topological polar surface area (TPSA) is 84.0 Å². The molecule has 0 N–H and O–H groups in total. The normalized spacial score (nSPS) is 22.2. The van der Waals surface area contributed by atoms with E-state index in [1.165, 1.54) is 19.2 Å². The third-order valence-electron chi connectivity index (χ3n) is 6.44. The van der Waals surface area contributed by atoms with Crippen molar-refractivity contribution in [3.8, 4) is 5.75 Å². The predicted molar refractivity (Wildman–Crippen MR) is 122 cm³/mol. The minimum absolute atomic E-state index is 0.228. The van der Waals surface area contributed by atoms with Crippen LogP contribution in [0.5, 0.6) is 5.75 Å². The Kier molecular flexibility index (Phi) is 6.51. The number of hydrogen-bond donors (Lipinski definition) is 0. The first kappa shape index (κ1) is 23.0. The molecule has 1 heterocycles. The molecule has 172 valence electrons. The van der Waals surface area contributed by atoms with Crippen LogP contribution in [0.1, 0.15) is 46.9 Å². The van der Waals surface area contributed by atoms with Crippen LogP contribution in [0.25, 0.3) is 0 Å². The Bertz CT molecular complexity index is 1080. The summed E-state index contributed by atoms with van der Waals surface area (Å²) >= 11 is 5.95. The van der Waals surface area contributed by atoms with Crippen LogP contribution in [-0.2, 0) is 9.59 Å². The third kappa shape index (κ3) is 4.50. The van der Waals surface area contributed by atoms with E-state index in [9.17, 15) is 19.2 Å². The summed E-state index contributed by atoms with van der Waals surface area (Å²) in [6.07, 6.45) is 2.05. The molecule has 2 aliphatic rings. The minimum Gasteiger partial charge on any atom is -0.497 e. The number of amides is 3. The van der Waals surface area contributed by atoms with Crippen molar-refractivity contribution in [1.82, 2.24) is 10.0 Å². The van der Waals surface area contributed by atoms with Crippen LogP contribution in [0.4, 0.5) is 0 Å². The molecule has 0 spiro atoms. The van der Waals surface area contributed by atoms with Crippen molar-refractivity contribution in [2.24, 2.45) is 17.8 Å². The number of benzene rings is 2. The number of hydrogen-bond acceptors (Lipinski definition) is 5. The molecule has 33 heavy (non-hydrogen) atoms. The summed E-state index contributed by atoms with van der Waals surface area (Å²) in [4.78, 5) is 53.1. The Balaban J connectivity index is 1.67. The molecule has 3 amide bonds.